The maximum Gasteiger partial charge on any atom is 0.170 e. The molecule has 1 aromatic carbocycles. The van der Waals surface area contributed by atoms with Crippen molar-refractivity contribution in [3.63, 3.8) is 0 Å². The Morgan fingerprint density at radius 1 is 1.21 bits per heavy atom. The Balaban J connectivity index is 2.04. The van der Waals surface area contributed by atoms with E-state index in [0.717, 1.165) is 29.3 Å². The summed E-state index contributed by atoms with van der Waals surface area (Å²) < 4.78 is 0. The summed E-state index contributed by atoms with van der Waals surface area (Å²) in [5.41, 5.74) is 2.99. The molecule has 2 aromatic rings. The van der Waals surface area contributed by atoms with Gasteiger partial charge in [-0.15, -0.1) is 0 Å². The second-order valence-electron chi connectivity index (χ2n) is 6.20. The lowest BCUT2D eigenvalue weighted by Gasteiger charge is -2.31. The summed E-state index contributed by atoms with van der Waals surface area (Å²) in [5, 5.41) is 1.08. The minimum Gasteiger partial charge on any atom is -0.360 e. The van der Waals surface area contributed by atoms with Gasteiger partial charge in [-0.05, 0) is 31.9 Å². The van der Waals surface area contributed by atoms with Crippen LogP contribution in [0.1, 0.15) is 54.9 Å². The smallest absolute Gasteiger partial charge is 0.170 e. The highest BCUT2D eigenvalue weighted by Gasteiger charge is 2.36. The summed E-state index contributed by atoms with van der Waals surface area (Å²) >= 11 is 0. The number of nitrogens with one attached hydrogen (secondary N) is 1. The van der Waals surface area contributed by atoms with Gasteiger partial charge >= 0.3 is 0 Å². The first-order valence-corrected chi connectivity index (χ1v) is 7.23. The summed E-state index contributed by atoms with van der Waals surface area (Å²) in [5.74, 6) is 0.323. The van der Waals surface area contributed by atoms with Crippen molar-refractivity contribution in [1.82, 2.24) is 4.98 Å². The number of fused-ring (bicyclic) bond motifs is 1. The van der Waals surface area contributed by atoms with Crippen LogP contribution in [0.4, 0.5) is 0 Å². The van der Waals surface area contributed by atoms with Crippen LogP contribution in [0.2, 0.25) is 0 Å². The molecule has 1 heterocycles. The molecule has 0 bridgehead atoms. The number of aromatic amines is 1. The Morgan fingerprint density at radius 3 is 2.68 bits per heavy atom. The molecule has 100 valence electrons. The molecule has 3 rings (SSSR count). The Morgan fingerprint density at radius 2 is 1.95 bits per heavy atom. The van der Waals surface area contributed by atoms with Gasteiger partial charge in [-0.25, -0.2) is 0 Å². The van der Waals surface area contributed by atoms with Crippen molar-refractivity contribution < 1.29 is 4.79 Å². The molecule has 1 N–H and O–H groups in total. The van der Waals surface area contributed by atoms with E-state index in [9.17, 15) is 4.79 Å². The largest absolute Gasteiger partial charge is 0.360 e. The normalized spacial score (nSPS) is 18.6. The number of benzene rings is 1. The van der Waals surface area contributed by atoms with Crippen molar-refractivity contribution in [2.45, 2.75) is 46.0 Å². The van der Waals surface area contributed by atoms with E-state index in [-0.39, 0.29) is 5.41 Å². The second kappa shape index (κ2) is 4.52. The fourth-order valence-electron chi connectivity index (χ4n) is 3.31. The number of hydrogen-bond donors (Lipinski definition) is 1. The highest BCUT2D eigenvalue weighted by Crippen LogP contribution is 2.39. The average molecular weight is 255 g/mol. The number of hydrogen-bond acceptors (Lipinski definition) is 1. The Bertz CT molecular complexity index is 617. The van der Waals surface area contributed by atoms with Crippen LogP contribution in [0.5, 0.6) is 0 Å². The van der Waals surface area contributed by atoms with Crippen molar-refractivity contribution in [2.24, 2.45) is 5.41 Å². The van der Waals surface area contributed by atoms with E-state index >= 15 is 0 Å². The molecule has 1 aromatic heterocycles. The van der Waals surface area contributed by atoms with E-state index in [0.29, 0.717) is 5.78 Å². The third kappa shape index (κ3) is 2.09. The number of carbonyl (C=O) groups excluding carboxylic acids is 1. The zero-order valence-corrected chi connectivity index (χ0v) is 11.8. The molecule has 0 aliphatic heterocycles. The highest BCUT2D eigenvalue weighted by molar-refractivity contribution is 6.10. The van der Waals surface area contributed by atoms with E-state index < -0.39 is 0 Å². The Kier molecular flexibility index (Phi) is 2.96. The number of Topliss-reactive ketones (excluding diaryl/α,β-unsaturated/α-hetero) is 1. The van der Waals surface area contributed by atoms with Gasteiger partial charge in [-0.1, -0.05) is 37.8 Å². The van der Waals surface area contributed by atoms with Crippen molar-refractivity contribution in [2.75, 3.05) is 0 Å². The molecule has 0 radical (unpaired) electrons. The van der Waals surface area contributed by atoms with Crippen LogP contribution in [0.25, 0.3) is 10.9 Å². The molecule has 2 nitrogen and oxygen atoms in total. The predicted octanol–water partition coefficient (Wildman–Crippen LogP) is 4.63. The Hall–Kier alpha value is -1.57. The van der Waals surface area contributed by atoms with Gasteiger partial charge in [0.05, 0.1) is 0 Å². The molecular formula is C17H21NO. The minimum absolute atomic E-state index is 0.156. The summed E-state index contributed by atoms with van der Waals surface area (Å²) in [7, 11) is 0. The molecule has 1 aliphatic rings. The number of rotatable bonds is 2. The highest BCUT2D eigenvalue weighted by atomic mass is 16.1. The van der Waals surface area contributed by atoms with E-state index in [4.69, 9.17) is 0 Å². The van der Waals surface area contributed by atoms with Gasteiger partial charge in [-0.2, -0.15) is 0 Å². The van der Waals surface area contributed by atoms with Gasteiger partial charge in [0.25, 0.3) is 0 Å². The van der Waals surface area contributed by atoms with Crippen LogP contribution >= 0.6 is 0 Å². The summed E-state index contributed by atoms with van der Waals surface area (Å²) in [6.07, 6.45) is 7.60. The predicted molar refractivity (Wildman–Crippen MR) is 78.6 cm³/mol. The molecule has 0 spiro atoms. The molecule has 19 heavy (non-hydrogen) atoms. The average Bonchev–Trinajstić information content (AvgIpc) is 2.81. The molecule has 0 amide bonds. The van der Waals surface area contributed by atoms with E-state index in [1.165, 1.54) is 24.8 Å². The molecule has 0 unspecified atom stereocenters. The van der Waals surface area contributed by atoms with Crippen LogP contribution in [0.3, 0.4) is 0 Å². The first-order valence-electron chi connectivity index (χ1n) is 7.23. The van der Waals surface area contributed by atoms with Crippen LogP contribution in [0.15, 0.2) is 24.4 Å². The van der Waals surface area contributed by atoms with Gasteiger partial charge in [-0.3, -0.25) is 4.79 Å². The number of aromatic nitrogens is 1. The number of carbonyl (C=O) groups is 1. The fraction of sp³-hybridized carbons (Fsp3) is 0.471. The van der Waals surface area contributed by atoms with Crippen LogP contribution < -0.4 is 0 Å². The van der Waals surface area contributed by atoms with E-state index in [2.05, 4.69) is 37.0 Å². The standard InChI is InChI=1S/C17H21NO/c1-12-6-7-15-13(10-12)14(11-18-15)16(19)17(2)8-4-3-5-9-17/h6-7,10-11,18H,3-5,8-9H2,1-2H3. The zero-order valence-electron chi connectivity index (χ0n) is 11.8. The van der Waals surface area contributed by atoms with Crippen LogP contribution in [-0.2, 0) is 0 Å². The minimum atomic E-state index is -0.156. The SMILES string of the molecule is Cc1ccc2[nH]cc(C(=O)C3(C)CCCCC3)c2c1. The van der Waals surface area contributed by atoms with Crippen molar-refractivity contribution in [3.05, 3.63) is 35.5 Å². The summed E-state index contributed by atoms with van der Waals surface area (Å²) in [4.78, 5) is 16.1. The lowest BCUT2D eigenvalue weighted by molar-refractivity contribution is 0.0751. The second-order valence-corrected chi connectivity index (χ2v) is 6.20. The Labute approximate surface area is 114 Å². The molecule has 0 saturated heterocycles. The molecule has 1 fully saturated rings. The quantitative estimate of drug-likeness (QED) is 0.780. The summed E-state index contributed by atoms with van der Waals surface area (Å²) in [6, 6.07) is 6.26. The number of aryl methyl sites for hydroxylation is 1. The van der Waals surface area contributed by atoms with Gasteiger partial charge in [0.2, 0.25) is 0 Å². The third-order valence-corrected chi connectivity index (χ3v) is 4.59. The lowest BCUT2D eigenvalue weighted by Crippen LogP contribution is -2.30. The van der Waals surface area contributed by atoms with Gasteiger partial charge in [0, 0.05) is 28.1 Å². The first kappa shape index (κ1) is 12.5. The van der Waals surface area contributed by atoms with Gasteiger partial charge in [0.15, 0.2) is 5.78 Å². The maximum atomic E-state index is 12.9. The maximum absolute atomic E-state index is 12.9. The zero-order chi connectivity index (χ0) is 13.5. The topological polar surface area (TPSA) is 32.9 Å². The lowest BCUT2D eigenvalue weighted by atomic mass is 9.71. The van der Waals surface area contributed by atoms with Crippen LogP contribution in [0, 0.1) is 12.3 Å². The first-order chi connectivity index (χ1) is 9.10. The number of H-pyrrole nitrogens is 1. The summed E-state index contributed by atoms with van der Waals surface area (Å²) in [6.45, 7) is 4.21. The van der Waals surface area contributed by atoms with Crippen molar-refractivity contribution in [3.8, 4) is 0 Å². The molecular weight excluding hydrogens is 234 g/mol. The molecule has 2 heteroatoms. The molecule has 0 atom stereocenters. The van der Waals surface area contributed by atoms with Crippen molar-refractivity contribution >= 4 is 16.7 Å². The van der Waals surface area contributed by atoms with Crippen LogP contribution in [-0.4, -0.2) is 10.8 Å². The number of ketones is 1. The van der Waals surface area contributed by atoms with Gasteiger partial charge < -0.3 is 4.98 Å². The fourth-order valence-corrected chi connectivity index (χ4v) is 3.31. The van der Waals surface area contributed by atoms with E-state index in [1.807, 2.05) is 6.20 Å². The van der Waals surface area contributed by atoms with Gasteiger partial charge in [0.1, 0.15) is 0 Å². The van der Waals surface area contributed by atoms with E-state index in [1.54, 1.807) is 0 Å². The third-order valence-electron chi connectivity index (χ3n) is 4.59. The molecule has 1 aliphatic carbocycles. The van der Waals surface area contributed by atoms with Crippen molar-refractivity contribution in [1.29, 1.82) is 0 Å². The molecule has 1 saturated carbocycles. The monoisotopic (exact) mass is 255 g/mol.